The van der Waals surface area contributed by atoms with Gasteiger partial charge >= 0.3 is 0 Å². The Morgan fingerprint density at radius 3 is 2.71 bits per heavy atom. The van der Waals surface area contributed by atoms with E-state index in [1.54, 1.807) is 0 Å². The van der Waals surface area contributed by atoms with E-state index in [-0.39, 0.29) is 0 Å². The molecule has 0 bridgehead atoms. The Balaban J connectivity index is 2.24. The Morgan fingerprint density at radius 2 is 2.07 bits per heavy atom. The van der Waals surface area contributed by atoms with Crippen LogP contribution < -0.4 is 0 Å². The van der Waals surface area contributed by atoms with E-state index in [1.165, 1.54) is 12.8 Å². The van der Waals surface area contributed by atoms with Gasteiger partial charge in [0.05, 0.1) is 0 Å². The molecular formula is C13H22O. The minimum Gasteiger partial charge on any atom is -0.299 e. The first-order valence-electron chi connectivity index (χ1n) is 6.08. The highest BCUT2D eigenvalue weighted by Gasteiger charge is 2.51. The van der Waals surface area contributed by atoms with E-state index < -0.39 is 0 Å². The molecule has 0 radical (unpaired) electrons. The van der Waals surface area contributed by atoms with Crippen LogP contribution in [-0.2, 0) is 4.79 Å². The number of fused-ring (bicyclic) bond motifs is 1. The van der Waals surface area contributed by atoms with Gasteiger partial charge in [0.2, 0.25) is 0 Å². The largest absolute Gasteiger partial charge is 0.299 e. The van der Waals surface area contributed by atoms with E-state index >= 15 is 0 Å². The second-order valence-electron chi connectivity index (χ2n) is 5.81. The number of Topliss-reactive ketones (excluding diaryl/α,β-unsaturated/α-hetero) is 1. The van der Waals surface area contributed by atoms with Gasteiger partial charge in [-0.3, -0.25) is 4.79 Å². The first kappa shape index (κ1) is 10.2. The van der Waals surface area contributed by atoms with Crippen LogP contribution in [0.4, 0.5) is 0 Å². The number of ketones is 1. The quantitative estimate of drug-likeness (QED) is 0.625. The Bertz CT molecular complexity index is 244. The summed E-state index contributed by atoms with van der Waals surface area (Å²) in [6.45, 7) is 7.00. The summed E-state index contributed by atoms with van der Waals surface area (Å²) in [7, 11) is 0. The summed E-state index contributed by atoms with van der Waals surface area (Å²) in [5.74, 6) is 2.50. The van der Waals surface area contributed by atoms with Gasteiger partial charge in [-0.1, -0.05) is 20.8 Å². The van der Waals surface area contributed by atoms with E-state index in [2.05, 4.69) is 20.8 Å². The van der Waals surface area contributed by atoms with Crippen LogP contribution in [0.3, 0.4) is 0 Å². The molecule has 3 atom stereocenters. The molecule has 0 aromatic rings. The summed E-state index contributed by atoms with van der Waals surface area (Å²) in [4.78, 5) is 11.8. The highest BCUT2D eigenvalue weighted by molar-refractivity contribution is 5.83. The Morgan fingerprint density at radius 1 is 1.36 bits per heavy atom. The van der Waals surface area contributed by atoms with Crippen LogP contribution in [0.25, 0.3) is 0 Å². The van der Waals surface area contributed by atoms with Crippen molar-refractivity contribution in [1.29, 1.82) is 0 Å². The van der Waals surface area contributed by atoms with Gasteiger partial charge in [-0.05, 0) is 42.9 Å². The minimum absolute atomic E-state index is 0.351. The van der Waals surface area contributed by atoms with E-state index in [1.807, 2.05) is 0 Å². The number of carbonyl (C=O) groups excluding carboxylic acids is 1. The molecule has 0 aliphatic heterocycles. The third-order valence-electron chi connectivity index (χ3n) is 4.74. The van der Waals surface area contributed by atoms with Gasteiger partial charge in [0.15, 0.2) is 0 Å². The van der Waals surface area contributed by atoms with Crippen molar-refractivity contribution in [3.05, 3.63) is 0 Å². The lowest BCUT2D eigenvalue weighted by molar-refractivity contribution is -0.130. The number of hydrogen-bond acceptors (Lipinski definition) is 1. The van der Waals surface area contributed by atoms with Crippen LogP contribution in [0.15, 0.2) is 0 Å². The van der Waals surface area contributed by atoms with Gasteiger partial charge in [0.1, 0.15) is 5.78 Å². The van der Waals surface area contributed by atoms with Crippen LogP contribution in [0.2, 0.25) is 0 Å². The summed E-state index contributed by atoms with van der Waals surface area (Å²) >= 11 is 0. The second kappa shape index (κ2) is 3.36. The van der Waals surface area contributed by atoms with E-state index in [4.69, 9.17) is 0 Å². The number of carbonyl (C=O) groups is 1. The van der Waals surface area contributed by atoms with Crippen molar-refractivity contribution in [3.63, 3.8) is 0 Å². The standard InChI is InChI=1S/C13H22O/c1-9(2)10-6-7-11-12(14)5-4-8-13(10,11)3/h9-11H,4-8H2,1-3H3/t10?,11?,13-/m1/s1. The molecule has 1 nitrogen and oxygen atoms in total. The highest BCUT2D eigenvalue weighted by Crippen LogP contribution is 2.56. The van der Waals surface area contributed by atoms with Crippen molar-refractivity contribution >= 4 is 5.78 Å². The van der Waals surface area contributed by atoms with E-state index in [9.17, 15) is 4.79 Å². The summed E-state index contributed by atoms with van der Waals surface area (Å²) in [5, 5.41) is 0. The molecule has 14 heavy (non-hydrogen) atoms. The summed E-state index contributed by atoms with van der Waals surface area (Å²) in [6, 6.07) is 0. The third kappa shape index (κ3) is 1.32. The average molecular weight is 194 g/mol. The lowest BCUT2D eigenvalue weighted by atomic mass is 9.62. The summed E-state index contributed by atoms with van der Waals surface area (Å²) in [6.07, 6.45) is 5.72. The molecule has 0 amide bonds. The lowest BCUT2D eigenvalue weighted by Crippen LogP contribution is -2.38. The summed E-state index contributed by atoms with van der Waals surface area (Å²) in [5.41, 5.74) is 0.351. The molecule has 2 aliphatic rings. The SMILES string of the molecule is CC(C)C1CCC2C(=O)CCC[C@@]21C. The third-order valence-corrected chi connectivity index (χ3v) is 4.74. The normalized spacial score (nSPS) is 43.0. The molecule has 0 aromatic heterocycles. The van der Waals surface area contributed by atoms with Crippen molar-refractivity contribution in [2.24, 2.45) is 23.2 Å². The average Bonchev–Trinajstić information content (AvgIpc) is 2.43. The number of hydrogen-bond donors (Lipinski definition) is 0. The Hall–Kier alpha value is -0.330. The Labute approximate surface area is 87.3 Å². The van der Waals surface area contributed by atoms with Crippen LogP contribution in [0.1, 0.15) is 52.9 Å². The topological polar surface area (TPSA) is 17.1 Å². The maximum Gasteiger partial charge on any atom is 0.136 e. The predicted molar refractivity (Wildman–Crippen MR) is 58.0 cm³/mol. The van der Waals surface area contributed by atoms with Gasteiger partial charge < -0.3 is 0 Å². The van der Waals surface area contributed by atoms with Crippen molar-refractivity contribution < 1.29 is 4.79 Å². The molecule has 0 spiro atoms. The lowest BCUT2D eigenvalue weighted by Gasteiger charge is -2.41. The maximum atomic E-state index is 11.8. The zero-order valence-electron chi connectivity index (χ0n) is 9.68. The zero-order valence-corrected chi connectivity index (χ0v) is 9.68. The molecule has 2 rings (SSSR count). The first-order valence-corrected chi connectivity index (χ1v) is 6.08. The number of rotatable bonds is 1. The molecule has 1 heteroatoms. The van der Waals surface area contributed by atoms with E-state index in [0.29, 0.717) is 17.1 Å². The van der Waals surface area contributed by atoms with Gasteiger partial charge in [-0.25, -0.2) is 0 Å². The van der Waals surface area contributed by atoms with Crippen molar-refractivity contribution in [1.82, 2.24) is 0 Å². The van der Waals surface area contributed by atoms with Gasteiger partial charge in [0.25, 0.3) is 0 Å². The molecule has 0 aromatic carbocycles. The monoisotopic (exact) mass is 194 g/mol. The predicted octanol–water partition coefficient (Wildman–Crippen LogP) is 3.43. The zero-order chi connectivity index (χ0) is 10.3. The van der Waals surface area contributed by atoms with Crippen LogP contribution in [-0.4, -0.2) is 5.78 Å². The molecule has 2 aliphatic carbocycles. The van der Waals surface area contributed by atoms with Crippen LogP contribution >= 0.6 is 0 Å². The molecule has 80 valence electrons. The Kier molecular flexibility index (Phi) is 2.45. The van der Waals surface area contributed by atoms with Crippen molar-refractivity contribution in [3.8, 4) is 0 Å². The van der Waals surface area contributed by atoms with Crippen molar-refractivity contribution in [2.75, 3.05) is 0 Å². The van der Waals surface area contributed by atoms with Crippen LogP contribution in [0.5, 0.6) is 0 Å². The fraction of sp³-hybridized carbons (Fsp3) is 0.923. The summed E-state index contributed by atoms with van der Waals surface area (Å²) < 4.78 is 0. The van der Waals surface area contributed by atoms with Gasteiger partial charge in [-0.2, -0.15) is 0 Å². The fourth-order valence-electron chi connectivity index (χ4n) is 4.07. The fourth-order valence-corrected chi connectivity index (χ4v) is 4.07. The highest BCUT2D eigenvalue weighted by atomic mass is 16.1. The molecule has 2 unspecified atom stereocenters. The minimum atomic E-state index is 0.351. The molecule has 0 N–H and O–H groups in total. The van der Waals surface area contributed by atoms with Gasteiger partial charge in [-0.15, -0.1) is 0 Å². The van der Waals surface area contributed by atoms with E-state index in [0.717, 1.165) is 31.1 Å². The molecule has 2 fully saturated rings. The smallest absolute Gasteiger partial charge is 0.136 e. The first-order chi connectivity index (χ1) is 6.55. The van der Waals surface area contributed by atoms with Crippen LogP contribution in [0, 0.1) is 23.2 Å². The molecular weight excluding hydrogens is 172 g/mol. The molecule has 0 heterocycles. The molecule has 2 saturated carbocycles. The van der Waals surface area contributed by atoms with Gasteiger partial charge in [0, 0.05) is 12.3 Å². The second-order valence-corrected chi connectivity index (χ2v) is 5.81. The molecule has 0 saturated heterocycles. The van der Waals surface area contributed by atoms with Crippen molar-refractivity contribution in [2.45, 2.75) is 52.9 Å². The maximum absolute atomic E-state index is 11.8.